The molecule has 0 aromatic heterocycles. The molecule has 0 aliphatic rings. The minimum Gasteiger partial charge on any atom is -0.481 e. The highest BCUT2D eigenvalue weighted by atomic mass is 16.4. The van der Waals surface area contributed by atoms with Gasteiger partial charge < -0.3 is 41.9 Å². The number of carbonyl (C=O) groups is 6. The maximum atomic E-state index is 13.6. The molecule has 5 amide bonds. The third-order valence-corrected chi connectivity index (χ3v) is 8.78. The zero-order valence-corrected chi connectivity index (χ0v) is 33.6. The van der Waals surface area contributed by atoms with E-state index in [4.69, 9.17) is 5.11 Å². The topological polar surface area (TPSA) is 223 Å². The number of amides is 5. The van der Waals surface area contributed by atoms with Crippen molar-refractivity contribution in [2.45, 2.75) is 176 Å². The molecule has 0 aromatic rings. The molecule has 52 heavy (non-hydrogen) atoms. The Hall–Kier alpha value is -3.26. The lowest BCUT2D eigenvalue weighted by molar-refractivity contribution is -0.140. The second-order valence-corrected chi connectivity index (χ2v) is 16.2. The fourth-order valence-electron chi connectivity index (χ4n) is 5.81. The lowest BCUT2D eigenvalue weighted by Gasteiger charge is -2.31. The molecule has 14 nitrogen and oxygen atoms in total. The number of nitrogens with one attached hydrogen (secondary N) is 5. The van der Waals surface area contributed by atoms with Gasteiger partial charge in [-0.25, -0.2) is 0 Å². The number of carboxylic acids is 1. The maximum absolute atomic E-state index is 13.6. The van der Waals surface area contributed by atoms with Gasteiger partial charge in [0.15, 0.2) is 0 Å². The largest absolute Gasteiger partial charge is 0.481 e. The highest BCUT2D eigenvalue weighted by molar-refractivity contribution is 5.92. The van der Waals surface area contributed by atoms with Crippen molar-refractivity contribution in [2.24, 2.45) is 29.6 Å². The van der Waals surface area contributed by atoms with Crippen LogP contribution in [-0.4, -0.2) is 93.2 Å². The molecule has 8 N–H and O–H groups in total. The van der Waals surface area contributed by atoms with Crippen LogP contribution in [0.3, 0.4) is 0 Å². The second kappa shape index (κ2) is 24.9. The average molecular weight is 742 g/mol. The highest BCUT2D eigenvalue weighted by Gasteiger charge is 2.34. The first-order valence-corrected chi connectivity index (χ1v) is 19.1. The van der Waals surface area contributed by atoms with Crippen molar-refractivity contribution >= 4 is 35.5 Å². The Kier molecular flexibility index (Phi) is 23.3. The normalized spacial score (nSPS) is 15.8. The Bertz CT molecular complexity index is 1130. The molecule has 0 heterocycles. The Labute approximate surface area is 311 Å². The van der Waals surface area contributed by atoms with Gasteiger partial charge in [-0.3, -0.25) is 28.8 Å². The lowest BCUT2D eigenvalue weighted by Crippen LogP contribution is -2.59. The molecule has 0 saturated carbocycles. The molecule has 0 rings (SSSR count). The molecule has 0 aromatic carbocycles. The van der Waals surface area contributed by atoms with Crippen molar-refractivity contribution in [3.63, 3.8) is 0 Å². The summed E-state index contributed by atoms with van der Waals surface area (Å²) in [5, 5.41) is 44.1. The van der Waals surface area contributed by atoms with E-state index in [0.29, 0.717) is 25.2 Å². The number of aliphatic hydroxyl groups excluding tert-OH is 2. The number of aliphatic hydroxyl groups is 2. The molecule has 7 atom stereocenters. The third kappa shape index (κ3) is 20.7. The van der Waals surface area contributed by atoms with E-state index >= 15 is 0 Å². The van der Waals surface area contributed by atoms with E-state index in [9.17, 15) is 39.0 Å². The fraction of sp³-hybridized carbons (Fsp3) is 0.842. The van der Waals surface area contributed by atoms with Gasteiger partial charge in [-0.05, 0) is 55.8 Å². The Morgan fingerprint density at radius 1 is 0.500 bits per heavy atom. The molecule has 0 bridgehead atoms. The summed E-state index contributed by atoms with van der Waals surface area (Å²) in [5.74, 6) is -3.67. The van der Waals surface area contributed by atoms with Crippen LogP contribution in [-0.2, 0) is 28.8 Å². The molecule has 0 aliphatic heterocycles. The van der Waals surface area contributed by atoms with E-state index in [1.54, 1.807) is 13.8 Å². The van der Waals surface area contributed by atoms with Crippen molar-refractivity contribution < 1.29 is 44.1 Å². The average Bonchev–Trinajstić information content (AvgIpc) is 2.99. The van der Waals surface area contributed by atoms with E-state index < -0.39 is 84.9 Å². The van der Waals surface area contributed by atoms with Crippen molar-refractivity contribution in [1.82, 2.24) is 26.6 Å². The molecule has 14 heteroatoms. The molecule has 0 radical (unpaired) electrons. The predicted molar refractivity (Wildman–Crippen MR) is 201 cm³/mol. The molecule has 0 saturated heterocycles. The Morgan fingerprint density at radius 3 is 1.42 bits per heavy atom. The smallest absolute Gasteiger partial charge is 0.306 e. The second-order valence-electron chi connectivity index (χ2n) is 16.2. The van der Waals surface area contributed by atoms with Gasteiger partial charge in [0, 0.05) is 6.42 Å². The first-order chi connectivity index (χ1) is 24.0. The van der Waals surface area contributed by atoms with E-state index in [2.05, 4.69) is 40.4 Å². The van der Waals surface area contributed by atoms with Gasteiger partial charge in [0.05, 0.1) is 37.1 Å². The summed E-state index contributed by atoms with van der Waals surface area (Å²) in [7, 11) is 0. The molecule has 0 fully saturated rings. The van der Waals surface area contributed by atoms with Crippen LogP contribution >= 0.6 is 0 Å². The third-order valence-electron chi connectivity index (χ3n) is 8.78. The van der Waals surface area contributed by atoms with E-state index in [-0.39, 0.29) is 29.6 Å². The Balaban J connectivity index is 5.53. The summed E-state index contributed by atoms with van der Waals surface area (Å²) in [5.41, 5.74) is 0. The number of carboxylic acid groups (broad SMARTS) is 1. The first-order valence-electron chi connectivity index (χ1n) is 19.1. The van der Waals surface area contributed by atoms with Crippen LogP contribution in [0.4, 0.5) is 0 Å². The lowest BCUT2D eigenvalue weighted by atomic mass is 9.95. The fourth-order valence-corrected chi connectivity index (χ4v) is 5.81. The summed E-state index contributed by atoms with van der Waals surface area (Å²) in [6.07, 6.45) is 1.09. The van der Waals surface area contributed by atoms with Crippen molar-refractivity contribution in [3.05, 3.63) is 0 Å². The minimum absolute atomic E-state index is 0.0147. The van der Waals surface area contributed by atoms with Crippen LogP contribution < -0.4 is 26.6 Å². The van der Waals surface area contributed by atoms with Gasteiger partial charge in [0.25, 0.3) is 0 Å². The quantitative estimate of drug-likeness (QED) is 0.0610. The number of rotatable bonds is 26. The monoisotopic (exact) mass is 742 g/mol. The maximum Gasteiger partial charge on any atom is 0.306 e. The number of aliphatic carboxylic acids is 1. The molecule has 7 unspecified atom stereocenters. The highest BCUT2D eigenvalue weighted by Crippen LogP contribution is 2.15. The van der Waals surface area contributed by atoms with Crippen LogP contribution in [0.2, 0.25) is 0 Å². The number of hydrogen-bond donors (Lipinski definition) is 8. The molecular weight excluding hydrogens is 670 g/mol. The van der Waals surface area contributed by atoms with E-state index in [0.717, 1.165) is 25.7 Å². The summed E-state index contributed by atoms with van der Waals surface area (Å²) in [4.78, 5) is 76.6. The molecule has 302 valence electrons. The summed E-state index contributed by atoms with van der Waals surface area (Å²) >= 11 is 0. The van der Waals surface area contributed by atoms with E-state index in [1.807, 2.05) is 41.5 Å². The summed E-state index contributed by atoms with van der Waals surface area (Å²) in [6.45, 7) is 20.4. The van der Waals surface area contributed by atoms with Gasteiger partial charge in [0.2, 0.25) is 29.5 Å². The summed E-state index contributed by atoms with van der Waals surface area (Å²) in [6, 6.07) is -4.61. The van der Waals surface area contributed by atoms with E-state index in [1.165, 1.54) is 6.92 Å². The van der Waals surface area contributed by atoms with Crippen molar-refractivity contribution in [1.29, 1.82) is 0 Å². The SMILES string of the molecule is CC(C)CCCCCC(=O)NC(C(=O)NC(C(=O)NC(CC(C)C)C(O)CC(=O)NC(C)C(=O)NC(CC(C)C)C(O)CC(=O)O)C(C)C)C(C)C. The van der Waals surface area contributed by atoms with Gasteiger partial charge in [-0.15, -0.1) is 0 Å². The molecular formula is C38H71N5O9. The molecule has 0 aliphatic carbocycles. The van der Waals surface area contributed by atoms with Gasteiger partial charge >= 0.3 is 5.97 Å². The van der Waals surface area contributed by atoms with Crippen LogP contribution in [0.1, 0.15) is 134 Å². The number of unbranched alkanes of at least 4 members (excludes halogenated alkanes) is 2. The van der Waals surface area contributed by atoms with Crippen molar-refractivity contribution in [3.8, 4) is 0 Å². The number of carbonyl (C=O) groups excluding carboxylic acids is 5. The van der Waals surface area contributed by atoms with Gasteiger partial charge in [0.1, 0.15) is 18.1 Å². The van der Waals surface area contributed by atoms with Crippen molar-refractivity contribution in [2.75, 3.05) is 0 Å². The zero-order valence-electron chi connectivity index (χ0n) is 33.6. The molecule has 0 spiro atoms. The van der Waals surface area contributed by atoms with Crippen LogP contribution in [0.5, 0.6) is 0 Å². The van der Waals surface area contributed by atoms with Gasteiger partial charge in [-0.2, -0.15) is 0 Å². The van der Waals surface area contributed by atoms with Crippen LogP contribution in [0.25, 0.3) is 0 Å². The summed E-state index contributed by atoms with van der Waals surface area (Å²) < 4.78 is 0. The standard InChI is InChI=1S/C38H71N5O9/c1-21(2)15-13-12-14-16-31(46)42-34(24(7)8)38(52)43-35(25(9)10)37(51)41-27(17-22(3)4)29(44)19-32(47)39-26(11)36(50)40-28(18-23(5)6)30(45)20-33(48)49/h21-30,34-35,44-45H,12-20H2,1-11H3,(H,39,47)(H,40,50)(H,41,51)(H,42,46)(H,43,52)(H,48,49). The van der Waals surface area contributed by atoms with Crippen LogP contribution in [0.15, 0.2) is 0 Å². The Morgan fingerprint density at radius 2 is 0.962 bits per heavy atom. The van der Waals surface area contributed by atoms with Crippen LogP contribution in [0, 0.1) is 29.6 Å². The zero-order chi connectivity index (χ0) is 40.3. The predicted octanol–water partition coefficient (Wildman–Crippen LogP) is 3.03. The minimum atomic E-state index is -1.33. The number of hydrogen-bond acceptors (Lipinski definition) is 8. The first kappa shape index (κ1) is 48.7. The van der Waals surface area contributed by atoms with Gasteiger partial charge in [-0.1, -0.05) is 88.5 Å².